The molecule has 0 aliphatic heterocycles. The number of benzene rings is 2. The molecule has 0 unspecified atom stereocenters. The molecule has 0 N–H and O–H groups in total. The average molecular weight is 403 g/mol. The third-order valence-corrected chi connectivity index (χ3v) is 3.92. The van der Waals surface area contributed by atoms with Gasteiger partial charge in [0.1, 0.15) is 11.6 Å². The molecule has 3 aromatic rings. The quantitative estimate of drug-likeness (QED) is 0.608. The lowest BCUT2D eigenvalue weighted by molar-refractivity contribution is -0.139. The number of aromatic nitrogens is 2. The highest BCUT2D eigenvalue weighted by molar-refractivity contribution is 6.30. The van der Waals surface area contributed by atoms with E-state index in [9.17, 15) is 22.4 Å². The van der Waals surface area contributed by atoms with Crippen LogP contribution in [-0.4, -0.2) is 16.9 Å². The lowest BCUT2D eigenvalue weighted by Gasteiger charge is -2.08. The molecule has 1 heterocycles. The van der Waals surface area contributed by atoms with Crippen molar-refractivity contribution < 1.29 is 26.7 Å². The maximum Gasteiger partial charge on any atom is 0.437 e. The smallest absolute Gasteiger partial charge is 0.437 e. The lowest BCUT2D eigenvalue weighted by atomic mass is 10.1. The SMILES string of the molecule is COc1ccc(Cl)cc1Cn1nc(-c2ccc(F)c(C(F)(F)F)c2)oc1=O. The van der Waals surface area contributed by atoms with Crippen LogP contribution in [0.15, 0.2) is 45.6 Å². The van der Waals surface area contributed by atoms with E-state index in [4.69, 9.17) is 20.8 Å². The molecular weight excluding hydrogens is 392 g/mol. The number of alkyl halides is 3. The monoisotopic (exact) mass is 402 g/mol. The van der Waals surface area contributed by atoms with Gasteiger partial charge in [0.05, 0.1) is 19.2 Å². The number of rotatable bonds is 4. The van der Waals surface area contributed by atoms with Gasteiger partial charge in [0.25, 0.3) is 0 Å². The van der Waals surface area contributed by atoms with Crippen LogP contribution in [0.5, 0.6) is 5.75 Å². The zero-order valence-electron chi connectivity index (χ0n) is 13.7. The maximum absolute atomic E-state index is 13.4. The molecule has 1 aromatic heterocycles. The van der Waals surface area contributed by atoms with Crippen molar-refractivity contribution in [1.82, 2.24) is 9.78 Å². The van der Waals surface area contributed by atoms with Gasteiger partial charge < -0.3 is 9.15 Å². The van der Waals surface area contributed by atoms with E-state index in [1.165, 1.54) is 7.11 Å². The minimum Gasteiger partial charge on any atom is -0.496 e. The van der Waals surface area contributed by atoms with Crippen LogP contribution >= 0.6 is 11.6 Å². The largest absolute Gasteiger partial charge is 0.496 e. The molecule has 3 rings (SSSR count). The van der Waals surface area contributed by atoms with Crippen molar-refractivity contribution in [3.63, 3.8) is 0 Å². The Morgan fingerprint density at radius 1 is 1.22 bits per heavy atom. The lowest BCUT2D eigenvalue weighted by Crippen LogP contribution is -2.17. The fourth-order valence-corrected chi connectivity index (χ4v) is 2.63. The standard InChI is InChI=1S/C17H11ClF4N2O3/c1-26-14-5-3-11(18)6-10(14)8-24-16(25)27-15(23-24)9-2-4-13(19)12(7-9)17(20,21)22/h2-7H,8H2,1H3. The van der Waals surface area contributed by atoms with Crippen molar-refractivity contribution in [2.45, 2.75) is 12.7 Å². The predicted octanol–water partition coefficient (Wildman–Crippen LogP) is 4.37. The summed E-state index contributed by atoms with van der Waals surface area (Å²) in [5.74, 6) is -2.26. The van der Waals surface area contributed by atoms with Gasteiger partial charge in [0.15, 0.2) is 0 Å². The molecule has 0 aliphatic rings. The summed E-state index contributed by atoms with van der Waals surface area (Å²) in [5, 5.41) is 4.28. The second kappa shape index (κ2) is 7.07. The highest BCUT2D eigenvalue weighted by Crippen LogP contribution is 2.33. The maximum atomic E-state index is 13.4. The molecule has 0 saturated heterocycles. The molecule has 2 aromatic carbocycles. The van der Waals surface area contributed by atoms with Crippen molar-refractivity contribution in [2.75, 3.05) is 7.11 Å². The van der Waals surface area contributed by atoms with E-state index in [2.05, 4.69) is 5.10 Å². The fourth-order valence-electron chi connectivity index (χ4n) is 2.43. The van der Waals surface area contributed by atoms with E-state index in [-0.39, 0.29) is 18.0 Å². The summed E-state index contributed by atoms with van der Waals surface area (Å²) in [6, 6.07) is 6.96. The van der Waals surface area contributed by atoms with Crippen LogP contribution in [0.1, 0.15) is 11.1 Å². The van der Waals surface area contributed by atoms with Gasteiger partial charge in [0, 0.05) is 16.1 Å². The van der Waals surface area contributed by atoms with Gasteiger partial charge in [-0.25, -0.2) is 9.18 Å². The summed E-state index contributed by atoms with van der Waals surface area (Å²) in [6.45, 7) is -0.0839. The number of ether oxygens (including phenoxy) is 1. The van der Waals surface area contributed by atoms with E-state index < -0.39 is 23.3 Å². The Labute approximate surface area is 154 Å². The van der Waals surface area contributed by atoms with Crippen molar-refractivity contribution >= 4 is 11.6 Å². The minimum atomic E-state index is -4.89. The first kappa shape index (κ1) is 19.0. The van der Waals surface area contributed by atoms with E-state index in [0.29, 0.717) is 28.5 Å². The second-order valence-electron chi connectivity index (χ2n) is 5.48. The van der Waals surface area contributed by atoms with Crippen molar-refractivity contribution in [3.05, 3.63) is 68.9 Å². The molecule has 0 aliphatic carbocycles. The molecule has 0 saturated carbocycles. The number of nitrogens with zero attached hydrogens (tertiary/aromatic N) is 2. The summed E-state index contributed by atoms with van der Waals surface area (Å²) in [4.78, 5) is 12.0. The first-order valence-electron chi connectivity index (χ1n) is 7.46. The van der Waals surface area contributed by atoms with E-state index in [0.717, 1.165) is 10.7 Å². The minimum absolute atomic E-state index is 0.0839. The first-order valence-corrected chi connectivity index (χ1v) is 7.84. The molecule has 10 heteroatoms. The Kier molecular flexibility index (Phi) is 4.97. The summed E-state index contributed by atoms with van der Waals surface area (Å²) >= 11 is 5.93. The number of halogens is 5. The molecule has 0 atom stereocenters. The highest BCUT2D eigenvalue weighted by Gasteiger charge is 2.34. The number of methoxy groups -OCH3 is 1. The summed E-state index contributed by atoms with van der Waals surface area (Å²) in [7, 11) is 1.43. The normalized spacial score (nSPS) is 11.6. The van der Waals surface area contributed by atoms with Crippen molar-refractivity contribution in [3.8, 4) is 17.2 Å². The molecule has 0 spiro atoms. The molecule has 27 heavy (non-hydrogen) atoms. The van der Waals surface area contributed by atoms with E-state index in [1.54, 1.807) is 18.2 Å². The molecule has 142 valence electrons. The molecule has 0 radical (unpaired) electrons. The van der Waals surface area contributed by atoms with E-state index >= 15 is 0 Å². The molecule has 0 bridgehead atoms. The Morgan fingerprint density at radius 3 is 2.63 bits per heavy atom. The Bertz CT molecular complexity index is 1040. The topological polar surface area (TPSA) is 57.3 Å². The van der Waals surface area contributed by atoms with Gasteiger partial charge in [-0.2, -0.15) is 17.9 Å². The summed E-state index contributed by atoms with van der Waals surface area (Å²) in [5.41, 5.74) is -1.15. The zero-order chi connectivity index (χ0) is 19.8. The average Bonchev–Trinajstić information content (AvgIpc) is 2.95. The van der Waals surface area contributed by atoms with Crippen LogP contribution in [0.4, 0.5) is 17.6 Å². The number of hydrogen-bond donors (Lipinski definition) is 0. The fraction of sp³-hybridized carbons (Fsp3) is 0.176. The van der Waals surface area contributed by atoms with Crippen LogP contribution in [0.25, 0.3) is 11.5 Å². The van der Waals surface area contributed by atoms with Gasteiger partial charge in [-0.1, -0.05) is 11.6 Å². The van der Waals surface area contributed by atoms with Crippen LogP contribution in [0, 0.1) is 5.82 Å². The highest BCUT2D eigenvalue weighted by atomic mass is 35.5. The second-order valence-corrected chi connectivity index (χ2v) is 5.92. The Morgan fingerprint density at radius 2 is 1.96 bits per heavy atom. The van der Waals surface area contributed by atoms with E-state index in [1.807, 2.05) is 0 Å². The van der Waals surface area contributed by atoms with Crippen LogP contribution in [0.3, 0.4) is 0 Å². The van der Waals surface area contributed by atoms with Gasteiger partial charge >= 0.3 is 11.9 Å². The van der Waals surface area contributed by atoms with Crippen molar-refractivity contribution in [2.24, 2.45) is 0 Å². The van der Waals surface area contributed by atoms with Gasteiger partial charge in [0.2, 0.25) is 5.89 Å². The molecule has 0 fully saturated rings. The zero-order valence-corrected chi connectivity index (χ0v) is 14.4. The van der Waals surface area contributed by atoms with Gasteiger partial charge in [-0.15, -0.1) is 5.10 Å². The van der Waals surface area contributed by atoms with Crippen LogP contribution in [0.2, 0.25) is 5.02 Å². The Balaban J connectivity index is 1.99. The van der Waals surface area contributed by atoms with Crippen LogP contribution < -0.4 is 10.5 Å². The molecule has 0 amide bonds. The van der Waals surface area contributed by atoms with Gasteiger partial charge in [-0.3, -0.25) is 0 Å². The Hall–Kier alpha value is -2.81. The first-order chi connectivity index (χ1) is 12.7. The third-order valence-electron chi connectivity index (χ3n) is 3.69. The summed E-state index contributed by atoms with van der Waals surface area (Å²) in [6.07, 6.45) is -4.89. The van der Waals surface area contributed by atoms with Gasteiger partial charge in [-0.05, 0) is 36.4 Å². The summed E-state index contributed by atoms with van der Waals surface area (Å²) < 4.78 is 63.0. The van der Waals surface area contributed by atoms with Crippen LogP contribution in [-0.2, 0) is 12.7 Å². The molecule has 5 nitrogen and oxygen atoms in total. The molecular formula is C17H11ClF4N2O3. The van der Waals surface area contributed by atoms with Crippen molar-refractivity contribution in [1.29, 1.82) is 0 Å². The predicted molar refractivity (Wildman–Crippen MR) is 88.3 cm³/mol. The number of hydrogen-bond acceptors (Lipinski definition) is 4. The third kappa shape index (κ3) is 3.97.